The lowest BCUT2D eigenvalue weighted by Gasteiger charge is -2.19. The van der Waals surface area contributed by atoms with Gasteiger partial charge in [0.2, 0.25) is 10.0 Å². The van der Waals surface area contributed by atoms with E-state index in [1.165, 1.54) is 16.4 Å². The lowest BCUT2D eigenvalue weighted by molar-refractivity contribution is -0.124. The molecule has 0 fully saturated rings. The number of nitrogens with zero attached hydrogens (tertiary/aromatic N) is 1. The zero-order chi connectivity index (χ0) is 20.6. The minimum atomic E-state index is -3.68. The first-order valence-electron chi connectivity index (χ1n) is 9.18. The number of ether oxygens (including phenoxy) is 1. The number of benzene rings is 1. The second kappa shape index (κ2) is 10.4. The second-order valence-corrected chi connectivity index (χ2v) is 8.61. The zero-order valence-electron chi connectivity index (χ0n) is 16.7. The first-order valence-corrected chi connectivity index (χ1v) is 10.6. The minimum absolute atomic E-state index is 0.0325. The first-order chi connectivity index (χ1) is 12.6. The van der Waals surface area contributed by atoms with Gasteiger partial charge >= 0.3 is 5.97 Å². The SMILES string of the molecule is CCN(CC)S(=O)(=O)c1ccc(C)c(C(=O)OCC(=O)NCCC(C)C)c1. The lowest BCUT2D eigenvalue weighted by atomic mass is 10.1. The number of aryl methyl sites for hydroxylation is 1. The van der Waals surface area contributed by atoms with E-state index in [0.717, 1.165) is 6.42 Å². The molecule has 0 aromatic heterocycles. The fourth-order valence-corrected chi connectivity index (χ4v) is 3.94. The van der Waals surface area contributed by atoms with Gasteiger partial charge in [0.05, 0.1) is 10.5 Å². The molecule has 8 heteroatoms. The Morgan fingerprint density at radius 2 is 1.81 bits per heavy atom. The average molecular weight is 399 g/mol. The smallest absolute Gasteiger partial charge is 0.338 e. The van der Waals surface area contributed by atoms with Crippen LogP contribution < -0.4 is 5.32 Å². The predicted molar refractivity (Wildman–Crippen MR) is 104 cm³/mol. The largest absolute Gasteiger partial charge is 0.452 e. The monoisotopic (exact) mass is 398 g/mol. The fourth-order valence-electron chi connectivity index (χ4n) is 2.45. The van der Waals surface area contributed by atoms with Crippen LogP contribution in [0.3, 0.4) is 0 Å². The number of esters is 1. The third kappa shape index (κ3) is 6.62. The van der Waals surface area contributed by atoms with E-state index in [0.29, 0.717) is 31.1 Å². The molecule has 0 aliphatic carbocycles. The number of hydrogen-bond acceptors (Lipinski definition) is 5. The highest BCUT2D eigenvalue weighted by Gasteiger charge is 2.24. The van der Waals surface area contributed by atoms with E-state index in [1.807, 2.05) is 13.8 Å². The van der Waals surface area contributed by atoms with Crippen molar-refractivity contribution in [1.82, 2.24) is 9.62 Å². The number of rotatable bonds is 10. The molecular weight excluding hydrogens is 368 g/mol. The fraction of sp³-hybridized carbons (Fsp3) is 0.579. The number of carbonyl (C=O) groups is 2. The Bertz CT molecular complexity index is 755. The summed E-state index contributed by atoms with van der Waals surface area (Å²) in [4.78, 5) is 24.1. The van der Waals surface area contributed by atoms with Crippen molar-refractivity contribution >= 4 is 21.9 Å². The van der Waals surface area contributed by atoms with E-state index in [1.54, 1.807) is 26.8 Å². The highest BCUT2D eigenvalue weighted by Crippen LogP contribution is 2.20. The molecule has 0 saturated carbocycles. The Morgan fingerprint density at radius 3 is 2.37 bits per heavy atom. The van der Waals surface area contributed by atoms with Crippen LogP contribution in [0.5, 0.6) is 0 Å². The highest BCUT2D eigenvalue weighted by atomic mass is 32.2. The minimum Gasteiger partial charge on any atom is -0.452 e. The molecule has 0 heterocycles. The van der Waals surface area contributed by atoms with Crippen molar-refractivity contribution in [3.8, 4) is 0 Å². The molecule has 1 rings (SSSR count). The zero-order valence-corrected chi connectivity index (χ0v) is 17.6. The van der Waals surface area contributed by atoms with Gasteiger partial charge < -0.3 is 10.1 Å². The maximum absolute atomic E-state index is 12.6. The molecule has 1 N–H and O–H groups in total. The summed E-state index contributed by atoms with van der Waals surface area (Å²) in [6.45, 7) is 10.1. The average Bonchev–Trinajstić information content (AvgIpc) is 2.60. The van der Waals surface area contributed by atoms with Crippen LogP contribution in [-0.2, 0) is 19.6 Å². The molecule has 0 unspecified atom stereocenters. The number of amides is 1. The normalized spacial score (nSPS) is 11.7. The first kappa shape index (κ1) is 23.1. The van der Waals surface area contributed by atoms with E-state index in [4.69, 9.17) is 4.74 Å². The van der Waals surface area contributed by atoms with Gasteiger partial charge in [0, 0.05) is 19.6 Å². The Morgan fingerprint density at radius 1 is 1.19 bits per heavy atom. The summed E-state index contributed by atoms with van der Waals surface area (Å²) in [7, 11) is -3.68. The Balaban J connectivity index is 2.85. The van der Waals surface area contributed by atoms with Gasteiger partial charge in [-0.25, -0.2) is 13.2 Å². The van der Waals surface area contributed by atoms with Gasteiger partial charge in [-0.15, -0.1) is 0 Å². The molecular formula is C19H30N2O5S. The van der Waals surface area contributed by atoms with Crippen LogP contribution in [0.25, 0.3) is 0 Å². The molecule has 0 radical (unpaired) electrons. The summed E-state index contributed by atoms with van der Waals surface area (Å²) in [5.74, 6) is -0.636. The Hall–Kier alpha value is -1.93. The molecule has 0 aliphatic rings. The molecule has 7 nitrogen and oxygen atoms in total. The molecule has 27 heavy (non-hydrogen) atoms. The summed E-state index contributed by atoms with van der Waals surface area (Å²) in [5.41, 5.74) is 0.719. The molecule has 152 valence electrons. The lowest BCUT2D eigenvalue weighted by Crippen LogP contribution is -2.31. The van der Waals surface area contributed by atoms with Crippen molar-refractivity contribution in [3.05, 3.63) is 29.3 Å². The molecule has 0 bridgehead atoms. The number of sulfonamides is 1. The van der Waals surface area contributed by atoms with E-state index in [9.17, 15) is 18.0 Å². The van der Waals surface area contributed by atoms with Gasteiger partial charge in [-0.1, -0.05) is 33.8 Å². The summed E-state index contributed by atoms with van der Waals surface area (Å²) in [6, 6.07) is 4.34. The standard InChI is InChI=1S/C19H30N2O5S/c1-6-21(7-2)27(24,25)16-9-8-15(5)17(12-16)19(23)26-13-18(22)20-11-10-14(3)4/h8-9,12,14H,6-7,10-11,13H2,1-5H3,(H,20,22). The third-order valence-electron chi connectivity index (χ3n) is 4.15. The van der Waals surface area contributed by atoms with Gasteiger partial charge in [0.15, 0.2) is 6.61 Å². The van der Waals surface area contributed by atoms with Crippen molar-refractivity contribution in [3.63, 3.8) is 0 Å². The molecule has 0 saturated heterocycles. The number of carbonyl (C=O) groups excluding carboxylic acids is 2. The van der Waals surface area contributed by atoms with E-state index in [-0.39, 0.29) is 16.4 Å². The molecule has 0 spiro atoms. The van der Waals surface area contributed by atoms with Gasteiger partial charge in [0.1, 0.15) is 0 Å². The van der Waals surface area contributed by atoms with Gasteiger partial charge in [-0.05, 0) is 37.0 Å². The van der Waals surface area contributed by atoms with Crippen LogP contribution >= 0.6 is 0 Å². The van der Waals surface area contributed by atoms with E-state index in [2.05, 4.69) is 5.32 Å². The van der Waals surface area contributed by atoms with Crippen molar-refractivity contribution in [1.29, 1.82) is 0 Å². The van der Waals surface area contributed by atoms with E-state index < -0.39 is 22.6 Å². The summed E-state index contributed by atoms with van der Waals surface area (Å²) in [6.07, 6.45) is 0.837. The summed E-state index contributed by atoms with van der Waals surface area (Å²) >= 11 is 0. The Labute approximate surface area is 162 Å². The highest BCUT2D eigenvalue weighted by molar-refractivity contribution is 7.89. The third-order valence-corrected chi connectivity index (χ3v) is 6.20. The van der Waals surface area contributed by atoms with E-state index >= 15 is 0 Å². The van der Waals surface area contributed by atoms with Crippen LogP contribution in [0.1, 0.15) is 50.0 Å². The van der Waals surface area contributed by atoms with Gasteiger partial charge in [-0.2, -0.15) is 4.31 Å². The Kier molecular flexibility index (Phi) is 8.92. The molecule has 1 aromatic carbocycles. The van der Waals surface area contributed by atoms with Crippen LogP contribution in [-0.4, -0.2) is 50.8 Å². The molecule has 0 atom stereocenters. The maximum atomic E-state index is 12.6. The van der Waals surface area contributed by atoms with Crippen molar-refractivity contribution < 1.29 is 22.7 Å². The van der Waals surface area contributed by atoms with Crippen LogP contribution in [0.4, 0.5) is 0 Å². The molecule has 1 amide bonds. The van der Waals surface area contributed by atoms with Gasteiger partial charge in [0.25, 0.3) is 5.91 Å². The molecule has 1 aromatic rings. The second-order valence-electron chi connectivity index (χ2n) is 6.67. The summed E-state index contributed by atoms with van der Waals surface area (Å²) in [5, 5.41) is 2.68. The van der Waals surface area contributed by atoms with Crippen molar-refractivity contribution in [2.45, 2.75) is 45.9 Å². The number of hydrogen-bond donors (Lipinski definition) is 1. The predicted octanol–water partition coefficient (Wildman–Crippen LogP) is 2.34. The summed E-state index contributed by atoms with van der Waals surface area (Å²) < 4.78 is 31.6. The quantitative estimate of drug-likeness (QED) is 0.611. The maximum Gasteiger partial charge on any atom is 0.338 e. The van der Waals surface area contributed by atoms with Crippen LogP contribution in [0, 0.1) is 12.8 Å². The van der Waals surface area contributed by atoms with Crippen molar-refractivity contribution in [2.75, 3.05) is 26.2 Å². The molecule has 0 aliphatic heterocycles. The van der Waals surface area contributed by atoms with Crippen LogP contribution in [0.15, 0.2) is 23.1 Å². The van der Waals surface area contributed by atoms with Gasteiger partial charge in [-0.3, -0.25) is 4.79 Å². The topological polar surface area (TPSA) is 92.8 Å². The van der Waals surface area contributed by atoms with Crippen molar-refractivity contribution in [2.24, 2.45) is 5.92 Å². The number of nitrogens with one attached hydrogen (secondary N) is 1. The van der Waals surface area contributed by atoms with Crippen LogP contribution in [0.2, 0.25) is 0 Å².